The lowest BCUT2D eigenvalue weighted by molar-refractivity contribution is 1.62. The van der Waals surface area contributed by atoms with Crippen molar-refractivity contribution in [1.29, 1.82) is 0 Å². The van der Waals surface area contributed by atoms with Crippen LogP contribution in [0, 0.1) is 3.57 Å². The van der Waals surface area contributed by atoms with Crippen molar-refractivity contribution in [2.24, 2.45) is 0 Å². The summed E-state index contributed by atoms with van der Waals surface area (Å²) >= 11 is 2.40. The van der Waals surface area contributed by atoms with Crippen LogP contribution in [0.4, 0.5) is 0 Å². The summed E-state index contributed by atoms with van der Waals surface area (Å²) in [6, 6.07) is 15.2. The smallest absolute Gasteiger partial charge is 0.0656 e. The standard InChI is InChI=1S/C15H16ISi2/c1-18(2,3)14-10-12(16)9-13(17)15(14)11-7-5-4-6-8-11/h4-10H,1-3H3. The van der Waals surface area contributed by atoms with Gasteiger partial charge in [0.2, 0.25) is 0 Å². The Labute approximate surface area is 127 Å². The van der Waals surface area contributed by atoms with Gasteiger partial charge >= 0.3 is 0 Å². The zero-order valence-corrected chi connectivity index (χ0v) is 15.1. The van der Waals surface area contributed by atoms with E-state index < -0.39 is 8.07 Å². The van der Waals surface area contributed by atoms with Crippen LogP contribution in [-0.4, -0.2) is 18.3 Å². The molecule has 0 amide bonds. The summed E-state index contributed by atoms with van der Waals surface area (Å²) in [6.45, 7) is 7.20. The quantitative estimate of drug-likeness (QED) is 0.555. The Hall–Kier alpha value is -0.396. The monoisotopic (exact) mass is 379 g/mol. The van der Waals surface area contributed by atoms with Gasteiger partial charge in [0, 0.05) is 3.57 Å². The predicted octanol–water partition coefficient (Wildman–Crippen LogP) is 3.30. The third kappa shape index (κ3) is 2.95. The fourth-order valence-corrected chi connectivity index (χ4v) is 5.50. The van der Waals surface area contributed by atoms with E-state index in [-0.39, 0.29) is 0 Å². The number of rotatable bonds is 2. The molecule has 0 nitrogen and oxygen atoms in total. The van der Waals surface area contributed by atoms with E-state index in [0.29, 0.717) is 0 Å². The van der Waals surface area contributed by atoms with Crippen LogP contribution < -0.4 is 10.4 Å². The molecule has 2 rings (SSSR count). The summed E-state index contributed by atoms with van der Waals surface area (Å²) in [5.41, 5.74) is 2.67. The van der Waals surface area contributed by atoms with Gasteiger partial charge in [0.05, 0.1) is 18.3 Å². The molecule has 0 saturated carbocycles. The first kappa shape index (κ1) is 14.0. The molecule has 0 bridgehead atoms. The normalized spacial score (nSPS) is 11.6. The average molecular weight is 379 g/mol. The highest BCUT2D eigenvalue weighted by Gasteiger charge is 2.22. The van der Waals surface area contributed by atoms with Gasteiger partial charge in [-0.15, -0.1) is 0 Å². The van der Waals surface area contributed by atoms with Gasteiger partial charge in [0.15, 0.2) is 0 Å². The van der Waals surface area contributed by atoms with Crippen LogP contribution in [-0.2, 0) is 0 Å². The van der Waals surface area contributed by atoms with Crippen molar-refractivity contribution in [3.05, 3.63) is 46.0 Å². The van der Waals surface area contributed by atoms with E-state index >= 15 is 0 Å². The first-order valence-electron chi connectivity index (χ1n) is 6.00. The van der Waals surface area contributed by atoms with Crippen molar-refractivity contribution in [1.82, 2.24) is 0 Å². The third-order valence-electron chi connectivity index (χ3n) is 2.97. The fourth-order valence-electron chi connectivity index (χ4n) is 2.11. The van der Waals surface area contributed by atoms with E-state index in [0.717, 1.165) is 0 Å². The molecule has 91 valence electrons. The Kier molecular flexibility index (Phi) is 4.13. The molecule has 0 N–H and O–H groups in total. The zero-order valence-electron chi connectivity index (χ0n) is 10.9. The molecule has 3 radical (unpaired) electrons. The topological polar surface area (TPSA) is 0 Å². The van der Waals surface area contributed by atoms with Crippen molar-refractivity contribution in [2.45, 2.75) is 19.6 Å². The van der Waals surface area contributed by atoms with E-state index in [1.165, 1.54) is 25.1 Å². The Balaban J connectivity index is 2.74. The molecular weight excluding hydrogens is 363 g/mol. The molecule has 0 aliphatic heterocycles. The number of hydrogen-bond acceptors (Lipinski definition) is 0. The molecule has 0 atom stereocenters. The van der Waals surface area contributed by atoms with Gasteiger partial charge in [-0.25, -0.2) is 0 Å². The first-order valence-corrected chi connectivity index (χ1v) is 11.1. The van der Waals surface area contributed by atoms with Gasteiger partial charge in [0.1, 0.15) is 0 Å². The molecule has 0 aromatic heterocycles. The third-order valence-corrected chi connectivity index (χ3v) is 6.00. The lowest BCUT2D eigenvalue weighted by Crippen LogP contribution is -2.41. The van der Waals surface area contributed by atoms with Crippen molar-refractivity contribution in [3.63, 3.8) is 0 Å². The van der Waals surface area contributed by atoms with Crippen LogP contribution in [0.5, 0.6) is 0 Å². The fraction of sp³-hybridized carbons (Fsp3) is 0.200. The van der Waals surface area contributed by atoms with Crippen molar-refractivity contribution in [2.75, 3.05) is 0 Å². The second-order valence-corrected chi connectivity index (χ2v) is 12.3. The van der Waals surface area contributed by atoms with Crippen LogP contribution in [0.3, 0.4) is 0 Å². The maximum absolute atomic E-state index is 3.80. The minimum atomic E-state index is -1.36. The highest BCUT2D eigenvalue weighted by molar-refractivity contribution is 14.1. The molecule has 0 fully saturated rings. The molecule has 2 aromatic rings. The van der Waals surface area contributed by atoms with Crippen LogP contribution in [0.15, 0.2) is 42.5 Å². The van der Waals surface area contributed by atoms with Gasteiger partial charge in [-0.1, -0.05) is 60.3 Å². The molecule has 18 heavy (non-hydrogen) atoms. The van der Waals surface area contributed by atoms with Crippen LogP contribution in [0.1, 0.15) is 0 Å². The molecule has 0 saturated heterocycles. The number of benzene rings is 2. The summed E-state index contributed by atoms with van der Waals surface area (Å²) in [5.74, 6) is 0. The lowest BCUT2D eigenvalue weighted by atomic mass is 10.1. The van der Waals surface area contributed by atoms with Crippen molar-refractivity contribution >= 4 is 51.3 Å². The van der Waals surface area contributed by atoms with E-state index in [2.05, 4.69) is 94.9 Å². The van der Waals surface area contributed by atoms with Gasteiger partial charge in [-0.05, 0) is 45.9 Å². The van der Waals surface area contributed by atoms with Gasteiger partial charge < -0.3 is 0 Å². The molecule has 0 aliphatic carbocycles. The molecule has 0 unspecified atom stereocenters. The second-order valence-electron chi connectivity index (χ2n) is 5.49. The van der Waals surface area contributed by atoms with Crippen LogP contribution in [0.2, 0.25) is 19.6 Å². The molecule has 3 heteroatoms. The highest BCUT2D eigenvalue weighted by Crippen LogP contribution is 2.20. The summed E-state index contributed by atoms with van der Waals surface area (Å²) in [4.78, 5) is 0. The van der Waals surface area contributed by atoms with Gasteiger partial charge in [0.25, 0.3) is 0 Å². The van der Waals surface area contributed by atoms with Crippen LogP contribution >= 0.6 is 22.6 Å². The van der Waals surface area contributed by atoms with E-state index in [9.17, 15) is 0 Å². The largest absolute Gasteiger partial charge is 0.0784 e. The van der Waals surface area contributed by atoms with Crippen LogP contribution in [0.25, 0.3) is 11.1 Å². The first-order chi connectivity index (χ1) is 8.39. The summed E-state index contributed by atoms with van der Waals surface area (Å²) < 4.78 is 1.30. The number of hydrogen-bond donors (Lipinski definition) is 0. The summed E-state index contributed by atoms with van der Waals surface area (Å²) in [6.07, 6.45) is 0. The SMILES string of the molecule is C[Si](C)(C)c1cc(I)cc([Si])c1-c1ccccc1. The second kappa shape index (κ2) is 5.31. The maximum Gasteiger partial charge on any atom is 0.0784 e. The Morgan fingerprint density at radius 2 is 1.61 bits per heavy atom. The highest BCUT2D eigenvalue weighted by atomic mass is 127. The Bertz CT molecular complexity index is 557. The molecule has 0 spiro atoms. The van der Waals surface area contributed by atoms with E-state index in [1.807, 2.05) is 0 Å². The summed E-state index contributed by atoms with van der Waals surface area (Å²) in [5, 5.41) is 2.72. The van der Waals surface area contributed by atoms with Crippen molar-refractivity contribution in [3.8, 4) is 11.1 Å². The zero-order chi connectivity index (χ0) is 13.3. The average Bonchev–Trinajstić information content (AvgIpc) is 2.28. The van der Waals surface area contributed by atoms with Gasteiger partial charge in [-0.3, -0.25) is 0 Å². The minimum absolute atomic E-state index is 1.20. The minimum Gasteiger partial charge on any atom is -0.0656 e. The number of halogens is 1. The molecule has 0 heterocycles. The Morgan fingerprint density at radius 1 is 1.00 bits per heavy atom. The summed E-state index contributed by atoms with van der Waals surface area (Å²) in [7, 11) is 2.44. The van der Waals surface area contributed by atoms with Gasteiger partial charge in [-0.2, -0.15) is 0 Å². The molecule has 0 aliphatic rings. The molecular formula is C15H16ISi2. The van der Waals surface area contributed by atoms with E-state index in [4.69, 9.17) is 0 Å². The maximum atomic E-state index is 3.80. The molecule has 2 aromatic carbocycles. The lowest BCUT2D eigenvalue weighted by Gasteiger charge is -2.23. The Morgan fingerprint density at radius 3 is 2.17 bits per heavy atom. The van der Waals surface area contributed by atoms with Crippen molar-refractivity contribution < 1.29 is 0 Å². The van der Waals surface area contributed by atoms with E-state index in [1.54, 1.807) is 0 Å². The predicted molar refractivity (Wildman–Crippen MR) is 93.0 cm³/mol.